The molecule has 1 amide bonds. The number of thiophene rings is 1. The lowest BCUT2D eigenvalue weighted by molar-refractivity contribution is -0.130. The molecule has 2 aliphatic rings. The van der Waals surface area contributed by atoms with E-state index in [1.54, 1.807) is 24.5 Å². The van der Waals surface area contributed by atoms with E-state index in [1.165, 1.54) is 0 Å². The number of β-amino-alcohol motifs (C(OH)–C–C–N with tert-alkyl or cyclic N) is 1. The maximum atomic E-state index is 12.7. The van der Waals surface area contributed by atoms with E-state index >= 15 is 0 Å². The van der Waals surface area contributed by atoms with E-state index in [4.69, 9.17) is 4.74 Å². The number of aliphatic hydroxyl groups is 1. The molecule has 2 N–H and O–H groups in total. The van der Waals surface area contributed by atoms with E-state index in [1.807, 2.05) is 41.8 Å². The zero-order valence-electron chi connectivity index (χ0n) is 18.9. The molecule has 1 aromatic heterocycles. The molecule has 176 valence electrons. The minimum atomic E-state index is -0.874. The van der Waals surface area contributed by atoms with Crippen LogP contribution in [0.5, 0.6) is 5.75 Å². The average Bonchev–Trinajstić information content (AvgIpc) is 3.23. The molecule has 4 rings (SSSR count). The Balaban J connectivity index is 1.57. The molecule has 7 heteroatoms. The van der Waals surface area contributed by atoms with Crippen molar-refractivity contribution in [3.05, 3.63) is 69.4 Å². The van der Waals surface area contributed by atoms with Crippen molar-refractivity contribution in [2.75, 3.05) is 26.7 Å². The summed E-state index contributed by atoms with van der Waals surface area (Å²) >= 11 is 5.03. The molecule has 2 heterocycles. The number of nitrogens with zero attached hydrogens (tertiary/aromatic N) is 1. The number of hydrogen-bond donors (Lipinski definition) is 2. The third-order valence-corrected chi connectivity index (χ3v) is 8.73. The van der Waals surface area contributed by atoms with Crippen LogP contribution in [0.25, 0.3) is 6.08 Å². The summed E-state index contributed by atoms with van der Waals surface area (Å²) in [5.74, 6) is 0.689. The zero-order valence-corrected chi connectivity index (χ0v) is 21.3. The van der Waals surface area contributed by atoms with Crippen molar-refractivity contribution in [1.82, 2.24) is 10.2 Å². The second-order valence-electron chi connectivity index (χ2n) is 9.07. The Labute approximate surface area is 208 Å². The first-order valence-electron chi connectivity index (χ1n) is 11.3. The quantitative estimate of drug-likeness (QED) is 0.400. The van der Waals surface area contributed by atoms with E-state index in [9.17, 15) is 9.90 Å². The van der Waals surface area contributed by atoms with E-state index in [-0.39, 0.29) is 11.9 Å². The number of ether oxygens (including phenoxy) is 1. The van der Waals surface area contributed by atoms with Gasteiger partial charge in [-0.25, -0.2) is 0 Å². The summed E-state index contributed by atoms with van der Waals surface area (Å²) in [6.07, 6.45) is 8.23. The summed E-state index contributed by atoms with van der Waals surface area (Å²) in [7, 11) is 1.66. The van der Waals surface area contributed by atoms with Crippen LogP contribution in [0.4, 0.5) is 0 Å². The lowest BCUT2D eigenvalue weighted by Gasteiger charge is -2.58. The summed E-state index contributed by atoms with van der Waals surface area (Å²) in [6.45, 7) is 6.11. The van der Waals surface area contributed by atoms with Crippen LogP contribution in [0.15, 0.2) is 58.9 Å². The summed E-state index contributed by atoms with van der Waals surface area (Å²) in [6, 6.07) is 10.0. The maximum Gasteiger partial charge on any atom is 0.244 e. The fourth-order valence-corrected chi connectivity index (χ4v) is 6.80. The molecular weight excluding hydrogens is 500 g/mol. The van der Waals surface area contributed by atoms with Crippen molar-refractivity contribution >= 4 is 39.2 Å². The lowest BCUT2D eigenvalue weighted by atomic mass is 9.55. The van der Waals surface area contributed by atoms with E-state index in [0.29, 0.717) is 19.4 Å². The highest BCUT2D eigenvalue weighted by molar-refractivity contribution is 9.10. The second-order valence-corrected chi connectivity index (χ2v) is 10.9. The van der Waals surface area contributed by atoms with Crippen LogP contribution in [-0.4, -0.2) is 54.3 Å². The van der Waals surface area contributed by atoms with Crippen molar-refractivity contribution in [2.45, 2.75) is 42.7 Å². The SMILES string of the molecule is C=CCN1CC[C@@]2(c3cccc(OC)c3)C[C@@H](NC(=O)/C=C/c3cc(Br)cs3)CC[C@]2(O)C1. The number of rotatable bonds is 7. The Morgan fingerprint density at radius 2 is 2.27 bits per heavy atom. The third-order valence-electron chi connectivity index (χ3n) is 7.07. The Morgan fingerprint density at radius 3 is 3.00 bits per heavy atom. The monoisotopic (exact) mass is 530 g/mol. The van der Waals surface area contributed by atoms with Crippen LogP contribution in [-0.2, 0) is 10.2 Å². The van der Waals surface area contributed by atoms with Crippen molar-refractivity contribution in [3.63, 3.8) is 0 Å². The van der Waals surface area contributed by atoms with Crippen molar-refractivity contribution < 1.29 is 14.6 Å². The van der Waals surface area contributed by atoms with Crippen LogP contribution < -0.4 is 10.1 Å². The molecule has 1 saturated carbocycles. The van der Waals surface area contributed by atoms with Crippen LogP contribution in [0.3, 0.4) is 0 Å². The number of fused-ring (bicyclic) bond motifs is 1. The first kappa shape index (κ1) is 24.2. The van der Waals surface area contributed by atoms with Gasteiger partial charge >= 0.3 is 0 Å². The fraction of sp³-hybridized carbons (Fsp3) is 0.423. The van der Waals surface area contributed by atoms with Crippen LogP contribution in [0.1, 0.15) is 36.1 Å². The third kappa shape index (κ3) is 5.11. The number of carbonyl (C=O) groups excluding carboxylic acids is 1. The number of benzene rings is 1. The van der Waals surface area contributed by atoms with Gasteiger partial charge in [-0.1, -0.05) is 18.2 Å². The van der Waals surface area contributed by atoms with Gasteiger partial charge in [0.05, 0.1) is 12.7 Å². The average molecular weight is 532 g/mol. The second kappa shape index (κ2) is 10.1. The standard InChI is InChI=1S/C26H31BrN2O3S/c1-3-12-29-13-11-25(19-5-4-6-22(14-19)32-2)16-21(9-10-26(25,31)18-29)28-24(30)8-7-23-15-20(27)17-33-23/h3-8,14-15,17,21,31H,1,9-13,16,18H2,2H3,(H,28,30)/b8-7+/t21-,25-,26-/m0/s1. The molecule has 1 saturated heterocycles. The zero-order chi connectivity index (χ0) is 23.5. The summed E-state index contributed by atoms with van der Waals surface area (Å²) in [4.78, 5) is 16.0. The molecule has 33 heavy (non-hydrogen) atoms. The van der Waals surface area contributed by atoms with Gasteiger partial charge in [-0.3, -0.25) is 9.69 Å². The molecule has 0 bridgehead atoms. The maximum absolute atomic E-state index is 12.7. The molecule has 1 aromatic carbocycles. The number of nitrogens with one attached hydrogen (secondary N) is 1. The molecule has 5 nitrogen and oxygen atoms in total. The van der Waals surface area contributed by atoms with Crippen LogP contribution in [0.2, 0.25) is 0 Å². The molecule has 0 spiro atoms. The van der Waals surface area contributed by atoms with Gasteiger partial charge in [-0.2, -0.15) is 0 Å². The predicted octanol–water partition coefficient (Wildman–Crippen LogP) is 4.76. The van der Waals surface area contributed by atoms with Crippen LogP contribution in [0, 0.1) is 0 Å². The molecule has 1 aliphatic carbocycles. The first-order valence-corrected chi connectivity index (χ1v) is 13.0. The Morgan fingerprint density at radius 1 is 1.42 bits per heavy atom. The minimum Gasteiger partial charge on any atom is -0.497 e. The van der Waals surface area contributed by atoms with E-state index in [2.05, 4.69) is 38.8 Å². The lowest BCUT2D eigenvalue weighted by Crippen LogP contribution is -2.67. The van der Waals surface area contributed by atoms with Gasteiger partial charge in [0.1, 0.15) is 5.75 Å². The number of methoxy groups -OCH3 is 1. The summed E-state index contributed by atoms with van der Waals surface area (Å²) in [5, 5.41) is 17.2. The van der Waals surface area contributed by atoms with Crippen molar-refractivity contribution in [1.29, 1.82) is 0 Å². The number of hydrogen-bond acceptors (Lipinski definition) is 5. The number of likely N-dealkylation sites (tertiary alicyclic amines) is 1. The van der Waals surface area contributed by atoms with E-state index in [0.717, 1.165) is 46.6 Å². The van der Waals surface area contributed by atoms with Gasteiger partial charge in [0.15, 0.2) is 0 Å². The van der Waals surface area contributed by atoms with E-state index < -0.39 is 11.0 Å². The number of amides is 1. The van der Waals surface area contributed by atoms with Gasteiger partial charge < -0.3 is 15.2 Å². The molecule has 1 aliphatic heterocycles. The highest BCUT2D eigenvalue weighted by Gasteiger charge is 2.57. The largest absolute Gasteiger partial charge is 0.497 e. The molecule has 0 radical (unpaired) electrons. The fourth-order valence-electron chi connectivity index (χ4n) is 5.46. The highest BCUT2D eigenvalue weighted by Crippen LogP contribution is 2.52. The molecular formula is C26H31BrN2O3S. The van der Waals surface area contributed by atoms with Gasteiger partial charge in [0, 0.05) is 45.4 Å². The van der Waals surface area contributed by atoms with Gasteiger partial charge in [-0.15, -0.1) is 17.9 Å². The highest BCUT2D eigenvalue weighted by atomic mass is 79.9. The van der Waals surface area contributed by atoms with Crippen molar-refractivity contribution in [3.8, 4) is 5.75 Å². The summed E-state index contributed by atoms with van der Waals surface area (Å²) in [5.41, 5.74) is -0.237. The number of carbonyl (C=O) groups is 1. The number of piperidine rings is 1. The molecule has 2 fully saturated rings. The van der Waals surface area contributed by atoms with Gasteiger partial charge in [0.2, 0.25) is 5.91 Å². The Kier molecular flexibility index (Phi) is 7.43. The summed E-state index contributed by atoms with van der Waals surface area (Å²) < 4.78 is 6.51. The Bertz CT molecular complexity index is 1040. The predicted molar refractivity (Wildman–Crippen MR) is 138 cm³/mol. The van der Waals surface area contributed by atoms with Crippen molar-refractivity contribution in [2.24, 2.45) is 0 Å². The normalized spacial score (nSPS) is 27.8. The Hall–Kier alpha value is -1.93. The van der Waals surface area contributed by atoms with Crippen LogP contribution >= 0.6 is 27.3 Å². The van der Waals surface area contributed by atoms with Gasteiger partial charge in [-0.05, 0) is 78.0 Å². The smallest absolute Gasteiger partial charge is 0.244 e. The molecule has 3 atom stereocenters. The minimum absolute atomic E-state index is 0.00495. The molecule has 2 aromatic rings. The topological polar surface area (TPSA) is 61.8 Å². The number of halogens is 1. The van der Waals surface area contributed by atoms with Gasteiger partial charge in [0.25, 0.3) is 0 Å². The molecule has 0 unspecified atom stereocenters. The first-order chi connectivity index (χ1) is 15.9.